The van der Waals surface area contributed by atoms with Crippen LogP contribution >= 0.6 is 0 Å². The van der Waals surface area contributed by atoms with Crippen molar-refractivity contribution >= 4 is 21.6 Å². The molecule has 7 heteroatoms. The van der Waals surface area contributed by atoms with Gasteiger partial charge in [-0.2, -0.15) is 4.31 Å². The van der Waals surface area contributed by atoms with Gasteiger partial charge in [-0.25, -0.2) is 8.42 Å². The number of rotatable bonds is 6. The van der Waals surface area contributed by atoms with E-state index in [0.717, 1.165) is 24.8 Å². The van der Waals surface area contributed by atoms with Crippen LogP contribution < -0.4 is 4.90 Å². The maximum atomic E-state index is 13.5. The number of benzene rings is 1. The Labute approximate surface area is 159 Å². The Morgan fingerprint density at radius 2 is 2.07 bits per heavy atom. The molecule has 2 heterocycles. The maximum absolute atomic E-state index is 13.5. The fourth-order valence-corrected chi connectivity index (χ4v) is 5.45. The predicted octanol–water partition coefficient (Wildman–Crippen LogP) is 2.87. The molecule has 2 aliphatic rings. The van der Waals surface area contributed by atoms with Gasteiger partial charge in [0, 0.05) is 43.6 Å². The fourth-order valence-electron chi connectivity index (χ4n) is 3.53. The van der Waals surface area contributed by atoms with Gasteiger partial charge in [0.1, 0.15) is 0 Å². The van der Waals surface area contributed by atoms with Gasteiger partial charge in [0.2, 0.25) is 15.9 Å². The van der Waals surface area contributed by atoms with Crippen molar-refractivity contribution in [2.24, 2.45) is 0 Å². The van der Waals surface area contributed by atoms with E-state index in [2.05, 4.69) is 4.98 Å². The normalized spacial score (nSPS) is 17.7. The van der Waals surface area contributed by atoms with E-state index in [1.807, 2.05) is 18.2 Å². The van der Waals surface area contributed by atoms with Crippen molar-refractivity contribution in [1.29, 1.82) is 0 Å². The van der Waals surface area contributed by atoms with Crippen LogP contribution in [-0.2, 0) is 21.4 Å². The molecule has 1 saturated heterocycles. The maximum Gasteiger partial charge on any atom is 0.243 e. The molecule has 1 aromatic heterocycles. The monoisotopic (exact) mass is 385 g/mol. The highest BCUT2D eigenvalue weighted by Gasteiger charge is 2.39. The minimum atomic E-state index is -3.67. The average Bonchev–Trinajstić information content (AvgIpc) is 3.41. The zero-order chi connectivity index (χ0) is 19.0. The number of nitrogens with zero attached hydrogens (tertiary/aromatic N) is 3. The van der Waals surface area contributed by atoms with E-state index in [1.165, 1.54) is 0 Å². The number of aryl methyl sites for hydroxylation is 1. The summed E-state index contributed by atoms with van der Waals surface area (Å²) in [4.78, 5) is 18.1. The van der Waals surface area contributed by atoms with Gasteiger partial charge in [0.25, 0.3) is 0 Å². The van der Waals surface area contributed by atoms with Crippen molar-refractivity contribution in [3.8, 4) is 0 Å². The zero-order valence-corrected chi connectivity index (χ0v) is 16.2. The van der Waals surface area contributed by atoms with E-state index < -0.39 is 10.0 Å². The van der Waals surface area contributed by atoms with Crippen molar-refractivity contribution in [1.82, 2.24) is 9.29 Å². The van der Waals surface area contributed by atoms with Gasteiger partial charge >= 0.3 is 0 Å². The molecule has 1 saturated carbocycles. The second-order valence-corrected chi connectivity index (χ2v) is 9.10. The Balaban J connectivity index is 1.70. The van der Waals surface area contributed by atoms with E-state index in [4.69, 9.17) is 0 Å². The van der Waals surface area contributed by atoms with Gasteiger partial charge in [-0.05, 0) is 55.5 Å². The summed E-state index contributed by atoms with van der Waals surface area (Å²) in [5.41, 5.74) is 2.23. The molecular weight excluding hydrogens is 362 g/mol. The Morgan fingerprint density at radius 1 is 1.26 bits per heavy atom. The smallest absolute Gasteiger partial charge is 0.243 e. The number of hydrogen-bond donors (Lipinski definition) is 0. The summed E-state index contributed by atoms with van der Waals surface area (Å²) in [5.74, 6) is 0.0524. The number of amides is 1. The van der Waals surface area contributed by atoms with Gasteiger partial charge in [-0.3, -0.25) is 9.78 Å². The third-order valence-corrected chi connectivity index (χ3v) is 7.20. The van der Waals surface area contributed by atoms with Gasteiger partial charge in [0.05, 0.1) is 4.90 Å². The minimum absolute atomic E-state index is 0.0340. The van der Waals surface area contributed by atoms with Crippen LogP contribution in [0.15, 0.2) is 47.6 Å². The van der Waals surface area contributed by atoms with Crippen LogP contribution in [0.3, 0.4) is 0 Å². The lowest BCUT2D eigenvalue weighted by Gasteiger charge is -2.24. The molecule has 0 radical (unpaired) electrons. The van der Waals surface area contributed by atoms with E-state index in [1.54, 1.807) is 40.7 Å². The number of hydrogen-bond acceptors (Lipinski definition) is 4. The van der Waals surface area contributed by atoms with Crippen molar-refractivity contribution in [3.05, 3.63) is 53.9 Å². The molecule has 0 atom stereocenters. The first-order chi connectivity index (χ1) is 13.0. The van der Waals surface area contributed by atoms with E-state index in [9.17, 15) is 13.2 Å². The number of carbonyl (C=O) groups excluding carboxylic acids is 1. The van der Waals surface area contributed by atoms with Crippen LogP contribution in [-0.4, -0.2) is 36.2 Å². The summed E-state index contributed by atoms with van der Waals surface area (Å²) in [5, 5.41) is 0. The molecule has 27 heavy (non-hydrogen) atoms. The number of pyridine rings is 1. The highest BCUT2D eigenvalue weighted by atomic mass is 32.2. The van der Waals surface area contributed by atoms with E-state index in [-0.39, 0.29) is 16.8 Å². The molecule has 0 N–H and O–H groups in total. The Kier molecular flexibility index (Phi) is 4.74. The largest absolute Gasteiger partial charge is 0.312 e. The van der Waals surface area contributed by atoms with Crippen LogP contribution in [0, 0.1) is 6.92 Å². The van der Waals surface area contributed by atoms with Gasteiger partial charge < -0.3 is 4.90 Å². The Bertz CT molecular complexity index is 956. The fraction of sp³-hybridized carbons (Fsp3) is 0.400. The highest BCUT2D eigenvalue weighted by Crippen LogP contribution is 2.36. The van der Waals surface area contributed by atoms with Gasteiger partial charge in [0.15, 0.2) is 0 Å². The van der Waals surface area contributed by atoms with Crippen LogP contribution in [0.4, 0.5) is 5.69 Å². The lowest BCUT2D eigenvalue weighted by atomic mass is 10.2. The molecule has 2 aromatic rings. The first kappa shape index (κ1) is 18.1. The molecule has 2 fully saturated rings. The van der Waals surface area contributed by atoms with Crippen LogP contribution in [0.1, 0.15) is 36.8 Å². The third-order valence-electron chi connectivity index (χ3n) is 5.16. The summed E-state index contributed by atoms with van der Waals surface area (Å²) in [7, 11) is -3.67. The van der Waals surface area contributed by atoms with Crippen molar-refractivity contribution in [2.45, 2.75) is 50.1 Å². The molecule has 0 unspecified atom stereocenters. The second kappa shape index (κ2) is 7.05. The Morgan fingerprint density at radius 3 is 2.70 bits per heavy atom. The van der Waals surface area contributed by atoms with E-state index >= 15 is 0 Å². The SMILES string of the molecule is Cc1ccc(N2CCCC2=O)cc1S(=O)(=O)N(Cc1cccnc1)C1CC1. The van der Waals surface area contributed by atoms with Crippen LogP contribution in [0.2, 0.25) is 0 Å². The standard InChI is InChI=1S/C20H23N3O3S/c1-15-6-7-18(22-11-3-5-20(22)24)12-19(15)27(25,26)23(17-8-9-17)14-16-4-2-10-21-13-16/h2,4,6-7,10,12-13,17H,3,5,8-9,11,14H2,1H3. The number of anilines is 1. The first-order valence-corrected chi connectivity index (χ1v) is 10.7. The predicted molar refractivity (Wildman–Crippen MR) is 103 cm³/mol. The first-order valence-electron chi connectivity index (χ1n) is 9.28. The van der Waals surface area contributed by atoms with Crippen LogP contribution in [0.25, 0.3) is 0 Å². The molecule has 6 nitrogen and oxygen atoms in total. The molecule has 1 aromatic carbocycles. The van der Waals surface area contributed by atoms with Crippen molar-refractivity contribution in [3.63, 3.8) is 0 Å². The molecule has 1 aliphatic heterocycles. The minimum Gasteiger partial charge on any atom is -0.312 e. The summed E-state index contributed by atoms with van der Waals surface area (Å²) in [6, 6.07) is 9.03. The molecule has 142 valence electrons. The van der Waals surface area contributed by atoms with Gasteiger partial charge in [-0.1, -0.05) is 12.1 Å². The molecular formula is C20H23N3O3S. The number of aromatic nitrogens is 1. The topological polar surface area (TPSA) is 70.6 Å². The molecule has 1 aliphatic carbocycles. The molecule has 1 amide bonds. The van der Waals surface area contributed by atoms with Crippen molar-refractivity contribution < 1.29 is 13.2 Å². The summed E-state index contributed by atoms with van der Waals surface area (Å²) < 4.78 is 28.6. The van der Waals surface area contributed by atoms with Crippen molar-refractivity contribution in [2.75, 3.05) is 11.4 Å². The second-order valence-electron chi connectivity index (χ2n) is 7.24. The molecule has 0 bridgehead atoms. The summed E-state index contributed by atoms with van der Waals surface area (Å²) in [6.45, 7) is 2.76. The number of carbonyl (C=O) groups is 1. The highest BCUT2D eigenvalue weighted by molar-refractivity contribution is 7.89. The molecule has 4 rings (SSSR count). The average molecular weight is 385 g/mol. The van der Waals surface area contributed by atoms with E-state index in [0.29, 0.717) is 30.8 Å². The summed E-state index contributed by atoms with van der Waals surface area (Å²) >= 11 is 0. The summed E-state index contributed by atoms with van der Waals surface area (Å²) in [6.07, 6.45) is 6.47. The van der Waals surface area contributed by atoms with Crippen LogP contribution in [0.5, 0.6) is 0 Å². The quantitative estimate of drug-likeness (QED) is 0.767. The third kappa shape index (κ3) is 3.61. The number of sulfonamides is 1. The lowest BCUT2D eigenvalue weighted by Crippen LogP contribution is -2.33. The van der Waals surface area contributed by atoms with Gasteiger partial charge in [-0.15, -0.1) is 0 Å². The lowest BCUT2D eigenvalue weighted by molar-refractivity contribution is -0.117. The molecule has 0 spiro atoms. The Hall–Kier alpha value is -2.25. The zero-order valence-electron chi connectivity index (χ0n) is 15.3.